The predicted octanol–water partition coefficient (Wildman–Crippen LogP) is 5.51. The highest BCUT2D eigenvalue weighted by atomic mass is 35.5. The molecule has 3 heterocycles. The van der Waals surface area contributed by atoms with E-state index >= 15 is 0 Å². The fraction of sp³-hybridized carbons (Fsp3) is 0.120. The fourth-order valence-corrected chi connectivity index (χ4v) is 5.99. The van der Waals surface area contributed by atoms with Gasteiger partial charge in [-0.1, -0.05) is 11.6 Å². The number of sulfonamides is 1. The first-order valence-electron chi connectivity index (χ1n) is 11.1. The highest BCUT2D eigenvalue weighted by molar-refractivity contribution is 7.92. The third-order valence-corrected chi connectivity index (χ3v) is 8.20. The van der Waals surface area contributed by atoms with Gasteiger partial charge in [-0.3, -0.25) is 9.52 Å². The lowest BCUT2D eigenvalue weighted by atomic mass is 10.3. The van der Waals surface area contributed by atoms with Gasteiger partial charge in [-0.05, 0) is 75.4 Å². The Balaban J connectivity index is 1.34. The van der Waals surface area contributed by atoms with Gasteiger partial charge in [-0.2, -0.15) is 5.10 Å². The Labute approximate surface area is 222 Å². The molecule has 0 saturated heterocycles. The molecule has 12 heteroatoms. The number of nitrogens with zero attached hydrogens (tertiary/aromatic N) is 4. The Hall–Kier alpha value is -3.80. The lowest BCUT2D eigenvalue weighted by Crippen LogP contribution is -2.15. The van der Waals surface area contributed by atoms with Gasteiger partial charge in [0.05, 0.1) is 21.2 Å². The van der Waals surface area contributed by atoms with Crippen LogP contribution >= 0.6 is 22.9 Å². The van der Waals surface area contributed by atoms with Gasteiger partial charge in [-0.15, -0.1) is 11.3 Å². The summed E-state index contributed by atoms with van der Waals surface area (Å²) in [6, 6.07) is 16.6. The molecule has 2 aromatic carbocycles. The number of rotatable bonds is 6. The van der Waals surface area contributed by atoms with Gasteiger partial charge in [0.1, 0.15) is 16.5 Å². The third-order valence-electron chi connectivity index (χ3n) is 5.47. The minimum Gasteiger partial charge on any atom is -0.321 e. The fourth-order valence-electron chi connectivity index (χ4n) is 3.79. The van der Waals surface area contributed by atoms with Crippen LogP contribution in [-0.2, 0) is 10.0 Å². The molecule has 5 rings (SSSR count). The van der Waals surface area contributed by atoms with Gasteiger partial charge in [0.25, 0.3) is 15.9 Å². The summed E-state index contributed by atoms with van der Waals surface area (Å²) in [5, 5.41) is 8.93. The number of carbonyl (C=O) groups excluding carboxylic acids is 1. The number of aromatic nitrogens is 4. The van der Waals surface area contributed by atoms with E-state index < -0.39 is 10.0 Å². The van der Waals surface area contributed by atoms with Crippen LogP contribution in [0.15, 0.2) is 65.6 Å². The first-order chi connectivity index (χ1) is 17.6. The third kappa shape index (κ3) is 5.19. The van der Waals surface area contributed by atoms with Crippen molar-refractivity contribution in [3.8, 4) is 5.69 Å². The molecule has 0 radical (unpaired) electrons. The van der Waals surface area contributed by atoms with Crippen molar-refractivity contribution in [2.45, 2.75) is 25.7 Å². The van der Waals surface area contributed by atoms with Crippen LogP contribution in [0.5, 0.6) is 0 Å². The van der Waals surface area contributed by atoms with Crippen molar-refractivity contribution in [3.05, 3.63) is 87.8 Å². The van der Waals surface area contributed by atoms with Crippen molar-refractivity contribution in [1.29, 1.82) is 0 Å². The van der Waals surface area contributed by atoms with E-state index in [9.17, 15) is 13.2 Å². The number of hydrogen-bond acceptors (Lipinski definition) is 7. The number of carbonyl (C=O) groups is 1. The minimum atomic E-state index is -3.86. The number of anilines is 2. The molecule has 5 aromatic rings. The smallest absolute Gasteiger partial charge is 0.265 e. The van der Waals surface area contributed by atoms with E-state index in [1.807, 2.05) is 19.1 Å². The number of aryl methyl sites for hydroxylation is 3. The molecular weight excluding hydrogens is 532 g/mol. The molecule has 0 spiro atoms. The Morgan fingerprint density at radius 1 is 0.973 bits per heavy atom. The van der Waals surface area contributed by atoms with Crippen molar-refractivity contribution in [2.24, 2.45) is 0 Å². The summed E-state index contributed by atoms with van der Waals surface area (Å²) in [6.45, 7) is 5.34. The first kappa shape index (κ1) is 24.9. The maximum Gasteiger partial charge on any atom is 0.265 e. The number of hydrogen-bond donors (Lipinski definition) is 2. The van der Waals surface area contributed by atoms with Crippen molar-refractivity contribution < 1.29 is 13.2 Å². The second-order valence-electron chi connectivity index (χ2n) is 8.33. The largest absolute Gasteiger partial charge is 0.321 e. The van der Waals surface area contributed by atoms with Gasteiger partial charge < -0.3 is 5.32 Å². The summed E-state index contributed by atoms with van der Waals surface area (Å²) >= 11 is 7.33. The molecule has 0 aliphatic rings. The summed E-state index contributed by atoms with van der Waals surface area (Å²) in [5.74, 6) is 0.358. The predicted molar refractivity (Wildman–Crippen MR) is 145 cm³/mol. The zero-order valence-corrected chi connectivity index (χ0v) is 22.4. The zero-order chi connectivity index (χ0) is 26.3. The molecule has 188 valence electrons. The van der Waals surface area contributed by atoms with E-state index in [0.29, 0.717) is 27.1 Å². The Bertz CT molecular complexity index is 1720. The maximum atomic E-state index is 13.0. The van der Waals surface area contributed by atoms with Crippen LogP contribution in [0.3, 0.4) is 0 Å². The summed E-state index contributed by atoms with van der Waals surface area (Å²) in [7, 11) is -3.86. The van der Waals surface area contributed by atoms with E-state index in [1.165, 1.54) is 35.6 Å². The number of benzene rings is 2. The average molecular weight is 553 g/mol. The monoisotopic (exact) mass is 552 g/mol. The highest BCUT2D eigenvalue weighted by Gasteiger charge is 2.19. The Morgan fingerprint density at radius 3 is 2.35 bits per heavy atom. The van der Waals surface area contributed by atoms with E-state index in [2.05, 4.69) is 25.1 Å². The van der Waals surface area contributed by atoms with Crippen LogP contribution < -0.4 is 10.0 Å². The van der Waals surface area contributed by atoms with Crippen molar-refractivity contribution in [2.75, 3.05) is 10.0 Å². The second kappa shape index (κ2) is 9.58. The summed E-state index contributed by atoms with van der Waals surface area (Å²) in [4.78, 5) is 22.6. The molecule has 3 aromatic heterocycles. The van der Waals surface area contributed by atoms with Gasteiger partial charge in [0.2, 0.25) is 0 Å². The van der Waals surface area contributed by atoms with Crippen LogP contribution in [0.2, 0.25) is 5.02 Å². The zero-order valence-electron chi connectivity index (χ0n) is 20.0. The molecule has 0 aliphatic heterocycles. The molecule has 0 saturated carbocycles. The molecule has 2 N–H and O–H groups in total. The van der Waals surface area contributed by atoms with Gasteiger partial charge in [-0.25, -0.2) is 23.1 Å². The maximum absolute atomic E-state index is 13.0. The summed E-state index contributed by atoms with van der Waals surface area (Å²) < 4.78 is 29.8. The van der Waals surface area contributed by atoms with E-state index in [0.717, 1.165) is 21.6 Å². The average Bonchev–Trinajstić information content (AvgIpc) is 3.40. The topological polar surface area (TPSA) is 119 Å². The van der Waals surface area contributed by atoms with E-state index in [4.69, 9.17) is 11.6 Å². The van der Waals surface area contributed by atoms with Gasteiger partial charge >= 0.3 is 0 Å². The molecule has 0 unspecified atom stereocenters. The summed E-state index contributed by atoms with van der Waals surface area (Å²) in [5.41, 5.74) is 2.76. The van der Waals surface area contributed by atoms with Crippen molar-refractivity contribution >= 4 is 60.6 Å². The molecule has 0 bridgehead atoms. The highest BCUT2D eigenvalue weighted by Crippen LogP contribution is 2.31. The number of amides is 1. The normalized spacial score (nSPS) is 11.6. The van der Waals surface area contributed by atoms with Crippen LogP contribution in [0, 0.1) is 20.8 Å². The molecule has 37 heavy (non-hydrogen) atoms. The van der Waals surface area contributed by atoms with Crippen LogP contribution in [-0.4, -0.2) is 34.1 Å². The number of fused-ring (bicyclic) bond motifs is 1. The van der Waals surface area contributed by atoms with E-state index in [1.54, 1.807) is 42.8 Å². The van der Waals surface area contributed by atoms with Gasteiger partial charge in [0.15, 0.2) is 0 Å². The second-order valence-corrected chi connectivity index (χ2v) is 11.5. The minimum absolute atomic E-state index is 0.0416. The standard InChI is InChI=1S/C25H21ClN6O3S2/c1-14-12-23(28-16(3)27-14)31-37(34,35)20-10-6-18(7-11-20)29-24(33)22-13-21-15(2)30-32(25(21)36-22)19-8-4-17(26)5-9-19/h4-13H,1-3H3,(H,29,33)(H,27,28,31). The summed E-state index contributed by atoms with van der Waals surface area (Å²) in [6.07, 6.45) is 0. The Morgan fingerprint density at radius 2 is 1.68 bits per heavy atom. The van der Waals surface area contributed by atoms with Crippen LogP contribution in [0.25, 0.3) is 15.9 Å². The molecular formula is C25H21ClN6O3S2. The van der Waals surface area contributed by atoms with Crippen LogP contribution in [0.4, 0.5) is 11.5 Å². The molecule has 0 aliphatic carbocycles. The number of nitrogens with one attached hydrogen (secondary N) is 2. The number of halogens is 1. The molecule has 0 fully saturated rings. The van der Waals surface area contributed by atoms with Crippen LogP contribution in [0.1, 0.15) is 26.9 Å². The molecule has 0 atom stereocenters. The van der Waals surface area contributed by atoms with Gasteiger partial charge in [0, 0.05) is 27.9 Å². The first-order valence-corrected chi connectivity index (χ1v) is 13.8. The lowest BCUT2D eigenvalue weighted by Gasteiger charge is -2.09. The van der Waals surface area contributed by atoms with Crippen molar-refractivity contribution in [3.63, 3.8) is 0 Å². The Kier molecular flexibility index (Phi) is 6.44. The lowest BCUT2D eigenvalue weighted by molar-refractivity contribution is 0.103. The molecule has 1 amide bonds. The quantitative estimate of drug-likeness (QED) is 0.287. The number of thiophene rings is 1. The van der Waals surface area contributed by atoms with E-state index in [-0.39, 0.29) is 16.6 Å². The SMILES string of the molecule is Cc1cc(NS(=O)(=O)c2ccc(NC(=O)c3cc4c(C)nn(-c5ccc(Cl)cc5)c4s3)cc2)nc(C)n1. The van der Waals surface area contributed by atoms with Crippen molar-refractivity contribution in [1.82, 2.24) is 19.7 Å². The molecule has 9 nitrogen and oxygen atoms in total.